The van der Waals surface area contributed by atoms with Crippen LogP contribution in [0.4, 0.5) is 0 Å². The summed E-state index contributed by atoms with van der Waals surface area (Å²) in [5, 5.41) is 10.1. The average molecular weight is 495 g/mol. The van der Waals surface area contributed by atoms with Gasteiger partial charge in [0.05, 0.1) is 19.4 Å². The number of nitrogens with one attached hydrogen (secondary N) is 2. The van der Waals surface area contributed by atoms with Gasteiger partial charge in [0, 0.05) is 37.0 Å². The van der Waals surface area contributed by atoms with Gasteiger partial charge in [-0.15, -0.1) is 0 Å². The molecule has 4 rings (SSSR count). The lowest BCUT2D eigenvalue weighted by Gasteiger charge is -2.27. The van der Waals surface area contributed by atoms with Gasteiger partial charge in [0.25, 0.3) is 5.91 Å². The van der Waals surface area contributed by atoms with Crippen LogP contribution in [0.15, 0.2) is 41.5 Å². The number of allylic oxidation sites excluding steroid dienone is 1. The minimum atomic E-state index is -0.684. The Labute approximate surface area is 210 Å². The third kappa shape index (κ3) is 6.07. The highest BCUT2D eigenvalue weighted by Gasteiger charge is 2.48. The zero-order valence-electron chi connectivity index (χ0n) is 20.9. The third-order valence-corrected chi connectivity index (χ3v) is 6.53. The molecule has 2 amide bonds. The number of carbonyl (C=O) groups excluding carboxylic acids is 2. The second kappa shape index (κ2) is 11.3. The lowest BCUT2D eigenvalue weighted by atomic mass is 9.88. The highest BCUT2D eigenvalue weighted by Crippen LogP contribution is 2.50. The van der Waals surface area contributed by atoms with Crippen molar-refractivity contribution in [1.82, 2.24) is 30.4 Å². The van der Waals surface area contributed by atoms with Gasteiger partial charge in [-0.1, -0.05) is 0 Å². The van der Waals surface area contributed by atoms with Gasteiger partial charge < -0.3 is 21.1 Å². The molecule has 192 valence electrons. The molecule has 2 heterocycles. The predicted octanol–water partition coefficient (Wildman–Crippen LogP) is 1.98. The van der Waals surface area contributed by atoms with E-state index < -0.39 is 6.04 Å². The topological polar surface area (TPSA) is 149 Å². The molecule has 2 fully saturated rings. The molecule has 0 aliphatic heterocycles. The van der Waals surface area contributed by atoms with Crippen molar-refractivity contribution in [3.05, 3.63) is 47.9 Å². The fraction of sp³-hybridized carbons (Fsp3) is 0.520. The van der Waals surface area contributed by atoms with Gasteiger partial charge in [-0.2, -0.15) is 5.10 Å². The van der Waals surface area contributed by atoms with Crippen molar-refractivity contribution in [2.75, 3.05) is 7.11 Å². The molecule has 2 aromatic rings. The number of amides is 2. The van der Waals surface area contributed by atoms with Gasteiger partial charge in [-0.3, -0.25) is 24.2 Å². The van der Waals surface area contributed by atoms with Gasteiger partial charge in [0.15, 0.2) is 0 Å². The van der Waals surface area contributed by atoms with Crippen LogP contribution in [0.1, 0.15) is 61.8 Å². The summed E-state index contributed by atoms with van der Waals surface area (Å²) in [5.41, 5.74) is 7.12. The van der Waals surface area contributed by atoms with Crippen molar-refractivity contribution in [3.8, 4) is 5.88 Å². The van der Waals surface area contributed by atoms with E-state index in [0.717, 1.165) is 25.7 Å². The summed E-state index contributed by atoms with van der Waals surface area (Å²) in [4.78, 5) is 39.4. The summed E-state index contributed by atoms with van der Waals surface area (Å²) >= 11 is 0. The van der Waals surface area contributed by atoms with E-state index in [9.17, 15) is 9.59 Å². The Balaban J connectivity index is 1.48. The molecule has 36 heavy (non-hydrogen) atoms. The zero-order chi connectivity index (χ0) is 25.7. The Kier molecular flexibility index (Phi) is 7.97. The molecule has 2 aliphatic rings. The number of nitrogens with zero attached hydrogens (tertiary/aromatic N) is 5. The Morgan fingerprint density at radius 1 is 1.19 bits per heavy atom. The summed E-state index contributed by atoms with van der Waals surface area (Å²) in [7, 11) is 1.52. The number of aliphatic imine (C=N–C) groups is 1. The van der Waals surface area contributed by atoms with E-state index in [1.54, 1.807) is 23.1 Å². The minimum Gasteiger partial charge on any atom is -0.480 e. The van der Waals surface area contributed by atoms with Crippen LogP contribution in [0.25, 0.3) is 0 Å². The van der Waals surface area contributed by atoms with Crippen LogP contribution in [-0.4, -0.2) is 50.9 Å². The standard InChI is InChI=1S/C25H34N8O3/c1-15(2)33-20(8-9-30-33)23(34)32-22(21(16-4-5-16)17-6-7-17)24(35)31-18(12-26)13-27-14-19-25(36-3)29-11-10-28-19/h8-13,15-17,21-22H,4-7,14,26H2,1-3H3,(H,31,35)(H,32,34). The fourth-order valence-electron chi connectivity index (χ4n) is 4.55. The fourth-order valence-corrected chi connectivity index (χ4v) is 4.55. The van der Waals surface area contributed by atoms with E-state index in [4.69, 9.17) is 10.5 Å². The highest BCUT2D eigenvalue weighted by molar-refractivity contribution is 5.98. The number of hydrogen-bond acceptors (Lipinski definition) is 8. The lowest BCUT2D eigenvalue weighted by molar-refractivity contribution is -0.123. The van der Waals surface area contributed by atoms with Gasteiger partial charge in [0.2, 0.25) is 11.8 Å². The van der Waals surface area contributed by atoms with Crippen LogP contribution in [-0.2, 0) is 11.3 Å². The Morgan fingerprint density at radius 2 is 1.89 bits per heavy atom. The van der Waals surface area contributed by atoms with E-state index in [0.29, 0.717) is 34.8 Å². The number of carbonyl (C=O) groups is 2. The van der Waals surface area contributed by atoms with Crippen LogP contribution < -0.4 is 21.1 Å². The Morgan fingerprint density at radius 3 is 2.50 bits per heavy atom. The summed E-state index contributed by atoms with van der Waals surface area (Å²) in [6.07, 6.45) is 11.8. The number of ether oxygens (including phenoxy) is 1. The smallest absolute Gasteiger partial charge is 0.270 e. The number of methoxy groups -OCH3 is 1. The van der Waals surface area contributed by atoms with Crippen LogP contribution in [0.2, 0.25) is 0 Å². The molecule has 1 atom stereocenters. The molecule has 2 saturated carbocycles. The van der Waals surface area contributed by atoms with Crippen molar-refractivity contribution >= 4 is 18.0 Å². The van der Waals surface area contributed by atoms with Crippen molar-refractivity contribution in [1.29, 1.82) is 0 Å². The van der Waals surface area contributed by atoms with Crippen LogP contribution in [0.3, 0.4) is 0 Å². The first-order chi connectivity index (χ1) is 17.4. The second-order valence-electron chi connectivity index (χ2n) is 9.55. The number of aromatic nitrogens is 4. The van der Waals surface area contributed by atoms with Crippen LogP contribution in [0, 0.1) is 17.8 Å². The third-order valence-electron chi connectivity index (χ3n) is 6.53. The first-order valence-corrected chi connectivity index (χ1v) is 12.3. The van der Waals surface area contributed by atoms with Crippen LogP contribution >= 0.6 is 0 Å². The van der Waals surface area contributed by atoms with Gasteiger partial charge in [0.1, 0.15) is 17.4 Å². The van der Waals surface area contributed by atoms with Crippen molar-refractivity contribution in [2.45, 2.75) is 58.2 Å². The summed E-state index contributed by atoms with van der Waals surface area (Å²) in [6, 6.07) is 1.01. The van der Waals surface area contributed by atoms with E-state index in [1.807, 2.05) is 13.8 Å². The Bertz CT molecular complexity index is 1120. The maximum Gasteiger partial charge on any atom is 0.270 e. The molecular weight excluding hydrogens is 460 g/mol. The van der Waals surface area contributed by atoms with Gasteiger partial charge >= 0.3 is 0 Å². The van der Waals surface area contributed by atoms with E-state index >= 15 is 0 Å². The molecule has 0 radical (unpaired) electrons. The van der Waals surface area contributed by atoms with E-state index in [2.05, 4.69) is 30.7 Å². The SMILES string of the molecule is COc1nccnc1CN=CC(=CN)NC(=O)C(NC(=O)c1ccnn1C(C)C)C(C1CC1)C1CC1. The number of nitrogens with two attached hydrogens (primary N) is 1. The monoisotopic (exact) mass is 494 g/mol. The average Bonchev–Trinajstić information content (AvgIpc) is 3.82. The quantitative estimate of drug-likeness (QED) is 0.382. The molecule has 11 nitrogen and oxygen atoms in total. The van der Waals surface area contributed by atoms with Crippen molar-refractivity contribution in [3.63, 3.8) is 0 Å². The van der Waals surface area contributed by atoms with Gasteiger partial charge in [-0.25, -0.2) is 4.98 Å². The minimum absolute atomic E-state index is 0.0200. The maximum atomic E-state index is 13.5. The molecule has 0 spiro atoms. The van der Waals surface area contributed by atoms with Crippen molar-refractivity contribution < 1.29 is 14.3 Å². The largest absolute Gasteiger partial charge is 0.480 e. The molecule has 0 saturated heterocycles. The first-order valence-electron chi connectivity index (χ1n) is 12.3. The molecule has 0 aromatic carbocycles. The summed E-state index contributed by atoms with van der Waals surface area (Å²) < 4.78 is 6.85. The van der Waals surface area contributed by atoms with E-state index in [1.165, 1.54) is 25.7 Å². The summed E-state index contributed by atoms with van der Waals surface area (Å²) in [5.74, 6) is 0.733. The first kappa shape index (κ1) is 25.3. The zero-order valence-corrected chi connectivity index (χ0v) is 20.9. The second-order valence-corrected chi connectivity index (χ2v) is 9.55. The van der Waals surface area contributed by atoms with Crippen molar-refractivity contribution in [2.24, 2.45) is 28.5 Å². The predicted molar refractivity (Wildman–Crippen MR) is 134 cm³/mol. The molecule has 1 unspecified atom stereocenters. The van der Waals surface area contributed by atoms with E-state index in [-0.39, 0.29) is 30.3 Å². The maximum absolute atomic E-state index is 13.5. The number of hydrogen-bond donors (Lipinski definition) is 3. The molecule has 4 N–H and O–H groups in total. The molecule has 2 aliphatic carbocycles. The molecule has 0 bridgehead atoms. The van der Waals surface area contributed by atoms with Gasteiger partial charge in [-0.05, 0) is 63.4 Å². The highest BCUT2D eigenvalue weighted by atomic mass is 16.5. The molecular formula is C25H34N8O3. The molecule has 11 heteroatoms. The number of rotatable bonds is 12. The van der Waals surface area contributed by atoms with Crippen LogP contribution in [0.5, 0.6) is 5.88 Å². The lowest BCUT2D eigenvalue weighted by Crippen LogP contribution is -2.52. The Hall–Kier alpha value is -3.76. The molecule has 2 aromatic heterocycles. The normalized spacial score (nSPS) is 17.0. The summed E-state index contributed by atoms with van der Waals surface area (Å²) in [6.45, 7) is 4.12.